The molecular formula is C31H31N3O7. The maximum absolute atomic E-state index is 14.0. The third kappa shape index (κ3) is 4.98. The summed E-state index contributed by atoms with van der Waals surface area (Å²) in [5.74, 6) is -0.171. The molecule has 0 aliphatic carbocycles. The lowest BCUT2D eigenvalue weighted by atomic mass is 9.93. The van der Waals surface area contributed by atoms with Crippen molar-refractivity contribution in [2.75, 3.05) is 27.9 Å². The molecule has 3 aromatic carbocycles. The van der Waals surface area contributed by atoms with E-state index in [0.29, 0.717) is 28.4 Å². The summed E-state index contributed by atoms with van der Waals surface area (Å²) in [6.07, 6.45) is 1.48. The Kier molecular flexibility index (Phi) is 7.93. The number of amides is 2. The minimum absolute atomic E-state index is 0.157. The lowest BCUT2D eigenvalue weighted by Crippen LogP contribution is -2.43. The Morgan fingerprint density at radius 2 is 1.46 bits per heavy atom. The van der Waals surface area contributed by atoms with Gasteiger partial charge in [0.25, 0.3) is 11.8 Å². The molecule has 10 nitrogen and oxygen atoms in total. The van der Waals surface area contributed by atoms with Crippen molar-refractivity contribution in [2.45, 2.75) is 25.0 Å². The number of esters is 1. The van der Waals surface area contributed by atoms with Crippen molar-refractivity contribution in [3.63, 3.8) is 0 Å². The number of ether oxygens (including phenoxy) is 4. The van der Waals surface area contributed by atoms with Crippen LogP contribution >= 0.6 is 0 Å². The van der Waals surface area contributed by atoms with Gasteiger partial charge >= 0.3 is 5.97 Å². The zero-order valence-corrected chi connectivity index (χ0v) is 23.2. The summed E-state index contributed by atoms with van der Waals surface area (Å²) in [5, 5.41) is 6.13. The SMILES string of the molecule is CCOC(=O)C1=CN2C(=O)[C@H](NC(=O)c3ccccc3)[C@H](c3ccccc3)N2[C@@H]1c1cc(OC)c(OC)c(OC)c1. The van der Waals surface area contributed by atoms with Crippen LogP contribution in [0.5, 0.6) is 17.2 Å². The molecule has 3 aromatic rings. The highest BCUT2D eigenvalue weighted by molar-refractivity contribution is 6.00. The minimum atomic E-state index is -0.949. The number of fused-ring (bicyclic) bond motifs is 1. The molecule has 2 aliphatic rings. The van der Waals surface area contributed by atoms with Crippen LogP contribution in [0.3, 0.4) is 0 Å². The van der Waals surface area contributed by atoms with E-state index in [1.54, 1.807) is 48.3 Å². The number of hydrogen-bond acceptors (Lipinski definition) is 8. The van der Waals surface area contributed by atoms with Gasteiger partial charge in [-0.3, -0.25) is 9.59 Å². The van der Waals surface area contributed by atoms with Crippen molar-refractivity contribution in [3.05, 3.63) is 101 Å². The fraction of sp³-hybridized carbons (Fsp3) is 0.258. The van der Waals surface area contributed by atoms with Gasteiger partial charge in [-0.25, -0.2) is 9.80 Å². The number of benzene rings is 3. The third-order valence-electron chi connectivity index (χ3n) is 7.14. The summed E-state index contributed by atoms with van der Waals surface area (Å²) in [6, 6.07) is 19.2. The number of methoxy groups -OCH3 is 3. The Morgan fingerprint density at radius 3 is 2.02 bits per heavy atom. The van der Waals surface area contributed by atoms with E-state index >= 15 is 0 Å². The first-order valence-corrected chi connectivity index (χ1v) is 13.1. The van der Waals surface area contributed by atoms with E-state index in [4.69, 9.17) is 18.9 Å². The summed E-state index contributed by atoms with van der Waals surface area (Å²) in [6.45, 7) is 1.88. The molecule has 1 saturated heterocycles. The van der Waals surface area contributed by atoms with Gasteiger partial charge in [-0.05, 0) is 42.3 Å². The molecule has 0 bridgehead atoms. The summed E-state index contributed by atoms with van der Waals surface area (Å²) in [5.41, 5.74) is 2.06. The molecule has 5 rings (SSSR count). The summed E-state index contributed by atoms with van der Waals surface area (Å²) in [7, 11) is 4.52. The molecule has 3 atom stereocenters. The van der Waals surface area contributed by atoms with E-state index in [1.807, 2.05) is 36.4 Å². The van der Waals surface area contributed by atoms with E-state index in [0.717, 1.165) is 5.56 Å². The van der Waals surface area contributed by atoms with Crippen molar-refractivity contribution in [3.8, 4) is 17.2 Å². The van der Waals surface area contributed by atoms with Gasteiger partial charge in [-0.2, -0.15) is 5.01 Å². The monoisotopic (exact) mass is 557 g/mol. The molecule has 2 aliphatic heterocycles. The van der Waals surface area contributed by atoms with Gasteiger partial charge in [-0.1, -0.05) is 48.5 Å². The molecule has 0 radical (unpaired) electrons. The fourth-order valence-electron chi connectivity index (χ4n) is 5.36. The highest BCUT2D eigenvalue weighted by Crippen LogP contribution is 2.50. The summed E-state index contributed by atoms with van der Waals surface area (Å²) in [4.78, 5) is 40.5. The minimum Gasteiger partial charge on any atom is -0.493 e. The second-order valence-electron chi connectivity index (χ2n) is 9.40. The second-order valence-corrected chi connectivity index (χ2v) is 9.40. The summed E-state index contributed by atoms with van der Waals surface area (Å²) < 4.78 is 22.1. The number of carbonyl (C=O) groups excluding carboxylic acids is 3. The molecule has 2 heterocycles. The van der Waals surface area contributed by atoms with Gasteiger partial charge in [0.15, 0.2) is 11.5 Å². The molecule has 0 unspecified atom stereocenters. The molecule has 212 valence electrons. The second kappa shape index (κ2) is 11.7. The van der Waals surface area contributed by atoms with E-state index in [1.165, 1.54) is 32.5 Å². The first-order valence-electron chi connectivity index (χ1n) is 13.1. The van der Waals surface area contributed by atoms with Gasteiger partial charge in [0, 0.05) is 11.8 Å². The number of carbonyl (C=O) groups is 3. The molecule has 2 amide bonds. The zero-order valence-electron chi connectivity index (χ0n) is 23.2. The van der Waals surface area contributed by atoms with Gasteiger partial charge in [-0.15, -0.1) is 0 Å². The van der Waals surface area contributed by atoms with Crippen LogP contribution in [-0.4, -0.2) is 61.8 Å². The van der Waals surface area contributed by atoms with E-state index in [9.17, 15) is 14.4 Å². The maximum atomic E-state index is 14.0. The van der Waals surface area contributed by atoms with Crippen molar-refractivity contribution in [1.82, 2.24) is 15.3 Å². The topological polar surface area (TPSA) is 107 Å². The lowest BCUT2D eigenvalue weighted by Gasteiger charge is -2.33. The Bertz CT molecular complexity index is 1450. The van der Waals surface area contributed by atoms with Crippen LogP contribution in [0.1, 0.15) is 40.5 Å². The van der Waals surface area contributed by atoms with Gasteiger partial charge < -0.3 is 24.3 Å². The molecule has 0 aromatic heterocycles. The smallest absolute Gasteiger partial charge is 0.337 e. The maximum Gasteiger partial charge on any atom is 0.337 e. The van der Waals surface area contributed by atoms with E-state index in [2.05, 4.69) is 5.32 Å². The predicted molar refractivity (Wildman–Crippen MR) is 149 cm³/mol. The van der Waals surface area contributed by atoms with Gasteiger partial charge in [0.2, 0.25) is 5.75 Å². The van der Waals surface area contributed by atoms with E-state index in [-0.39, 0.29) is 24.0 Å². The first-order chi connectivity index (χ1) is 19.9. The average molecular weight is 558 g/mol. The van der Waals surface area contributed by atoms with Crippen LogP contribution in [0.25, 0.3) is 0 Å². The molecule has 1 N–H and O–H groups in total. The fourth-order valence-corrected chi connectivity index (χ4v) is 5.36. The van der Waals surface area contributed by atoms with Crippen LogP contribution in [0.4, 0.5) is 0 Å². The first kappa shape index (κ1) is 27.7. The van der Waals surface area contributed by atoms with Gasteiger partial charge in [0.05, 0.1) is 45.6 Å². The summed E-state index contributed by atoms with van der Waals surface area (Å²) >= 11 is 0. The number of nitrogens with zero attached hydrogens (tertiary/aromatic N) is 2. The van der Waals surface area contributed by atoms with Crippen LogP contribution in [-0.2, 0) is 14.3 Å². The van der Waals surface area contributed by atoms with E-state index < -0.39 is 24.1 Å². The quantitative estimate of drug-likeness (QED) is 0.396. The van der Waals surface area contributed by atoms with Crippen molar-refractivity contribution >= 4 is 17.8 Å². The van der Waals surface area contributed by atoms with Crippen molar-refractivity contribution in [2.24, 2.45) is 0 Å². The molecule has 0 spiro atoms. The van der Waals surface area contributed by atoms with Crippen molar-refractivity contribution < 1.29 is 33.3 Å². The average Bonchev–Trinajstić information content (AvgIpc) is 3.52. The molecule has 0 saturated carbocycles. The van der Waals surface area contributed by atoms with Crippen LogP contribution < -0.4 is 19.5 Å². The molecule has 10 heteroatoms. The number of hydrogen-bond donors (Lipinski definition) is 1. The zero-order chi connectivity index (χ0) is 29.1. The number of hydrazine groups is 1. The number of rotatable bonds is 9. The largest absolute Gasteiger partial charge is 0.493 e. The Morgan fingerprint density at radius 1 is 0.854 bits per heavy atom. The van der Waals surface area contributed by atoms with Crippen LogP contribution in [0, 0.1) is 0 Å². The predicted octanol–water partition coefficient (Wildman–Crippen LogP) is 3.81. The van der Waals surface area contributed by atoms with Crippen LogP contribution in [0.15, 0.2) is 84.6 Å². The van der Waals surface area contributed by atoms with Crippen molar-refractivity contribution in [1.29, 1.82) is 0 Å². The molecular weight excluding hydrogens is 526 g/mol. The molecule has 1 fully saturated rings. The Hall–Kier alpha value is -4.83. The Labute approximate surface area is 238 Å². The lowest BCUT2D eigenvalue weighted by molar-refractivity contribution is -0.140. The highest BCUT2D eigenvalue weighted by atomic mass is 16.5. The normalized spacial score (nSPS) is 19.8. The van der Waals surface area contributed by atoms with Gasteiger partial charge in [0.1, 0.15) is 6.04 Å². The standard InChI is InChI=1S/C31H31N3O7/c1-5-41-31(37)22-18-33-30(36)25(32-29(35)20-14-10-7-11-15-20)27(19-12-8-6-9-13-19)34(33)26(22)21-16-23(38-2)28(40-4)24(17-21)39-3/h6-18,25-27H,5H2,1-4H3,(H,32,35)/t25-,26-,27+/m1/s1. The molecule has 41 heavy (non-hydrogen) atoms. The Balaban J connectivity index is 1.66. The third-order valence-corrected chi connectivity index (χ3v) is 7.14. The number of nitrogens with one attached hydrogen (secondary N) is 1. The highest BCUT2D eigenvalue weighted by Gasteiger charge is 2.55. The van der Waals surface area contributed by atoms with Crippen LogP contribution in [0.2, 0.25) is 0 Å².